The average molecular weight is 266 g/mol. The van der Waals surface area contributed by atoms with Gasteiger partial charge < -0.3 is 4.74 Å². The number of Topliss-reactive ketones (excluding diaryl/α,β-unsaturated/α-hetero) is 1. The van der Waals surface area contributed by atoms with E-state index in [4.69, 9.17) is 4.74 Å². The molecular formula is C17H14O3. The van der Waals surface area contributed by atoms with Crippen LogP contribution in [0, 0.1) is 0 Å². The second-order valence-electron chi connectivity index (χ2n) is 4.84. The molecule has 0 amide bonds. The minimum atomic E-state index is -0.830. The lowest BCUT2D eigenvalue weighted by Gasteiger charge is -2.14. The molecule has 0 aliphatic heterocycles. The van der Waals surface area contributed by atoms with Gasteiger partial charge in [-0.1, -0.05) is 48.5 Å². The van der Waals surface area contributed by atoms with Crippen LogP contribution in [0.4, 0.5) is 0 Å². The third kappa shape index (κ3) is 1.92. The minimum Gasteiger partial charge on any atom is -0.468 e. The largest absolute Gasteiger partial charge is 0.468 e. The molecule has 2 aromatic carbocycles. The Balaban J connectivity index is 2.27. The Kier molecular flexibility index (Phi) is 3.11. The van der Waals surface area contributed by atoms with Gasteiger partial charge in [-0.3, -0.25) is 9.59 Å². The van der Waals surface area contributed by atoms with Gasteiger partial charge in [-0.2, -0.15) is 0 Å². The fourth-order valence-electron chi connectivity index (χ4n) is 2.77. The van der Waals surface area contributed by atoms with Crippen LogP contribution in [0.2, 0.25) is 0 Å². The van der Waals surface area contributed by atoms with Crippen LogP contribution in [0.25, 0.3) is 11.1 Å². The Bertz CT molecular complexity index is 688. The molecule has 1 atom stereocenters. The fourth-order valence-corrected chi connectivity index (χ4v) is 2.77. The number of hydrogen-bond acceptors (Lipinski definition) is 3. The quantitative estimate of drug-likeness (QED) is 0.589. The predicted octanol–water partition coefficient (Wildman–Crippen LogP) is 2.74. The molecule has 3 nitrogen and oxygen atoms in total. The van der Waals surface area contributed by atoms with E-state index < -0.39 is 11.9 Å². The zero-order valence-electron chi connectivity index (χ0n) is 11.1. The summed E-state index contributed by atoms with van der Waals surface area (Å²) in [4.78, 5) is 24.4. The lowest BCUT2D eigenvalue weighted by Crippen LogP contribution is -2.23. The molecule has 3 rings (SSSR count). The molecule has 1 aliphatic rings. The van der Waals surface area contributed by atoms with Gasteiger partial charge in [0.2, 0.25) is 0 Å². The van der Waals surface area contributed by atoms with E-state index in [1.807, 2.05) is 48.5 Å². The first-order valence-corrected chi connectivity index (χ1v) is 6.50. The summed E-state index contributed by atoms with van der Waals surface area (Å²) in [6.07, 6.45) is 0.255. The molecule has 0 heterocycles. The Morgan fingerprint density at radius 1 is 1.05 bits per heavy atom. The predicted molar refractivity (Wildman–Crippen MR) is 75.3 cm³/mol. The summed E-state index contributed by atoms with van der Waals surface area (Å²) in [5.74, 6) is -1.44. The molecule has 0 bridgehead atoms. The Morgan fingerprint density at radius 2 is 1.70 bits per heavy atom. The lowest BCUT2D eigenvalue weighted by molar-refractivity contribution is -0.145. The molecule has 0 spiro atoms. The highest BCUT2D eigenvalue weighted by Gasteiger charge is 2.34. The summed E-state index contributed by atoms with van der Waals surface area (Å²) >= 11 is 0. The normalized spacial score (nSPS) is 16.9. The maximum atomic E-state index is 12.4. The number of esters is 1. The van der Waals surface area contributed by atoms with Gasteiger partial charge in [-0.25, -0.2) is 0 Å². The van der Waals surface area contributed by atoms with Crippen molar-refractivity contribution in [1.29, 1.82) is 0 Å². The molecule has 100 valence electrons. The molecule has 2 aromatic rings. The highest BCUT2D eigenvalue weighted by atomic mass is 16.5. The van der Waals surface area contributed by atoms with E-state index in [1.165, 1.54) is 7.11 Å². The number of hydrogen-bond donors (Lipinski definition) is 0. The third-order valence-electron chi connectivity index (χ3n) is 3.70. The van der Waals surface area contributed by atoms with Gasteiger partial charge in [0.05, 0.1) is 7.11 Å². The summed E-state index contributed by atoms with van der Waals surface area (Å²) in [6, 6.07) is 15.3. The molecule has 1 unspecified atom stereocenters. The van der Waals surface area contributed by atoms with Crippen molar-refractivity contribution >= 4 is 11.8 Å². The van der Waals surface area contributed by atoms with Crippen molar-refractivity contribution in [3.05, 3.63) is 59.7 Å². The van der Waals surface area contributed by atoms with E-state index in [0.29, 0.717) is 0 Å². The van der Waals surface area contributed by atoms with Crippen LogP contribution in [-0.4, -0.2) is 18.9 Å². The fraction of sp³-hybridized carbons (Fsp3) is 0.176. The summed E-state index contributed by atoms with van der Waals surface area (Å²) in [6.45, 7) is 0. The van der Waals surface area contributed by atoms with Crippen molar-refractivity contribution in [2.75, 3.05) is 7.11 Å². The molecule has 0 fully saturated rings. The molecular weight excluding hydrogens is 252 g/mol. The monoisotopic (exact) mass is 266 g/mol. The van der Waals surface area contributed by atoms with E-state index in [9.17, 15) is 9.59 Å². The smallest absolute Gasteiger partial charge is 0.320 e. The van der Waals surface area contributed by atoms with E-state index >= 15 is 0 Å². The highest BCUT2D eigenvalue weighted by molar-refractivity contribution is 6.08. The number of benzene rings is 2. The molecule has 0 N–H and O–H groups in total. The number of carbonyl (C=O) groups excluding carboxylic acids is 2. The Morgan fingerprint density at radius 3 is 2.45 bits per heavy atom. The topological polar surface area (TPSA) is 43.4 Å². The van der Waals surface area contributed by atoms with Gasteiger partial charge >= 0.3 is 5.97 Å². The first-order chi connectivity index (χ1) is 9.72. The number of ketones is 1. The van der Waals surface area contributed by atoms with Gasteiger partial charge in [0.25, 0.3) is 0 Å². The zero-order valence-corrected chi connectivity index (χ0v) is 11.1. The lowest BCUT2D eigenvalue weighted by atomic mass is 9.90. The number of ether oxygens (including phenoxy) is 1. The first-order valence-electron chi connectivity index (χ1n) is 6.50. The van der Waals surface area contributed by atoms with Crippen LogP contribution in [0.3, 0.4) is 0 Å². The van der Waals surface area contributed by atoms with Crippen molar-refractivity contribution in [3.63, 3.8) is 0 Å². The molecule has 3 heteroatoms. The second kappa shape index (κ2) is 4.93. The van der Waals surface area contributed by atoms with Gasteiger partial charge in [-0.05, 0) is 22.3 Å². The van der Waals surface area contributed by atoms with Crippen molar-refractivity contribution in [1.82, 2.24) is 0 Å². The molecule has 1 aliphatic carbocycles. The van der Waals surface area contributed by atoms with E-state index in [-0.39, 0.29) is 12.2 Å². The van der Waals surface area contributed by atoms with E-state index in [2.05, 4.69) is 0 Å². The van der Waals surface area contributed by atoms with Gasteiger partial charge in [-0.15, -0.1) is 0 Å². The molecule has 0 aromatic heterocycles. The molecule has 0 saturated carbocycles. The van der Waals surface area contributed by atoms with Crippen LogP contribution in [-0.2, 0) is 20.7 Å². The molecule has 0 radical (unpaired) electrons. The van der Waals surface area contributed by atoms with Crippen molar-refractivity contribution in [2.24, 2.45) is 0 Å². The van der Waals surface area contributed by atoms with Crippen molar-refractivity contribution < 1.29 is 14.3 Å². The highest BCUT2D eigenvalue weighted by Crippen LogP contribution is 2.36. The van der Waals surface area contributed by atoms with Crippen LogP contribution >= 0.6 is 0 Å². The van der Waals surface area contributed by atoms with Crippen LogP contribution in [0.15, 0.2) is 48.5 Å². The van der Waals surface area contributed by atoms with Crippen molar-refractivity contribution in [2.45, 2.75) is 12.3 Å². The van der Waals surface area contributed by atoms with Crippen LogP contribution in [0.5, 0.6) is 0 Å². The third-order valence-corrected chi connectivity index (χ3v) is 3.70. The Labute approximate surface area is 117 Å². The number of methoxy groups -OCH3 is 1. The second-order valence-corrected chi connectivity index (χ2v) is 4.84. The van der Waals surface area contributed by atoms with E-state index in [0.717, 1.165) is 22.3 Å². The Hall–Kier alpha value is -2.42. The summed E-state index contributed by atoms with van der Waals surface area (Å²) < 4.78 is 4.81. The number of fused-ring (bicyclic) bond motifs is 3. The first kappa shape index (κ1) is 12.6. The van der Waals surface area contributed by atoms with Gasteiger partial charge in [0.1, 0.15) is 5.92 Å². The SMILES string of the molecule is COC(=O)C1C(=O)Cc2ccccc2-c2ccccc21. The molecule has 20 heavy (non-hydrogen) atoms. The van der Waals surface area contributed by atoms with Crippen molar-refractivity contribution in [3.8, 4) is 11.1 Å². The summed E-state index contributed by atoms with van der Waals surface area (Å²) in [5, 5.41) is 0. The summed E-state index contributed by atoms with van der Waals surface area (Å²) in [5.41, 5.74) is 3.64. The number of carbonyl (C=O) groups is 2. The van der Waals surface area contributed by atoms with Crippen LogP contribution in [0.1, 0.15) is 17.0 Å². The number of rotatable bonds is 1. The standard InChI is InChI=1S/C17H14O3/c1-20-17(19)16-14-9-5-4-8-13(14)12-7-3-2-6-11(12)10-15(16)18/h2-9,16H,10H2,1H3. The van der Waals surface area contributed by atoms with Crippen LogP contribution < -0.4 is 0 Å². The minimum absolute atomic E-state index is 0.116. The zero-order chi connectivity index (χ0) is 14.1. The van der Waals surface area contributed by atoms with E-state index in [1.54, 1.807) is 0 Å². The maximum Gasteiger partial charge on any atom is 0.320 e. The average Bonchev–Trinajstić information content (AvgIpc) is 2.60. The van der Waals surface area contributed by atoms with Gasteiger partial charge in [0, 0.05) is 6.42 Å². The maximum absolute atomic E-state index is 12.4. The molecule has 0 saturated heterocycles. The summed E-state index contributed by atoms with van der Waals surface area (Å²) in [7, 11) is 1.32. The van der Waals surface area contributed by atoms with Gasteiger partial charge in [0.15, 0.2) is 5.78 Å².